The Morgan fingerprint density at radius 1 is 1.29 bits per heavy atom. The lowest BCUT2D eigenvalue weighted by Crippen LogP contribution is -2.38. The molecule has 0 saturated heterocycles. The molecule has 2 unspecified atom stereocenters. The topological polar surface area (TPSA) is 70.6 Å². The fourth-order valence-electron chi connectivity index (χ4n) is 4.12. The minimum Gasteiger partial charge on any atom is -0.504 e. The van der Waals surface area contributed by atoms with Gasteiger partial charge in [-0.2, -0.15) is 0 Å². The predicted octanol–water partition coefficient (Wildman–Crippen LogP) is 5.07. The summed E-state index contributed by atoms with van der Waals surface area (Å²) in [6.07, 6.45) is 2.79. The molecule has 28 heavy (non-hydrogen) atoms. The predicted molar refractivity (Wildman–Crippen MR) is 120 cm³/mol. The Morgan fingerprint density at radius 3 is 2.71 bits per heavy atom. The van der Waals surface area contributed by atoms with Crippen LogP contribution in [0.2, 0.25) is 0 Å². The Kier molecular flexibility index (Phi) is 5.02. The van der Waals surface area contributed by atoms with E-state index in [1.54, 1.807) is 17.4 Å². The molecule has 4 rings (SSSR count). The van der Waals surface area contributed by atoms with Gasteiger partial charge in [0.15, 0.2) is 11.5 Å². The molecule has 2 heterocycles. The first-order valence-corrected chi connectivity index (χ1v) is 11.4. The van der Waals surface area contributed by atoms with Gasteiger partial charge in [0.1, 0.15) is 11.2 Å². The summed E-state index contributed by atoms with van der Waals surface area (Å²) in [7, 11) is 1.53. The molecule has 1 aromatic heterocycles. The molecule has 1 aliphatic heterocycles. The number of ether oxygens (including phenoxy) is 1. The summed E-state index contributed by atoms with van der Waals surface area (Å²) >= 11 is 3.79. The number of rotatable bonds is 2. The molecular formula is C21H25IN2O3S. The van der Waals surface area contributed by atoms with Crippen LogP contribution in [0.5, 0.6) is 11.5 Å². The molecule has 1 aromatic carbocycles. The summed E-state index contributed by atoms with van der Waals surface area (Å²) in [5.41, 5.74) is 3.18. The van der Waals surface area contributed by atoms with Crippen molar-refractivity contribution in [3.05, 3.63) is 37.3 Å². The van der Waals surface area contributed by atoms with Gasteiger partial charge in [-0.05, 0) is 76.4 Å². The van der Waals surface area contributed by atoms with Crippen molar-refractivity contribution < 1.29 is 14.6 Å². The summed E-state index contributed by atoms with van der Waals surface area (Å²) in [6.45, 7) is 6.91. The number of phenolic OH excluding ortho intramolecular Hbond substituents is 1. The van der Waals surface area contributed by atoms with Crippen molar-refractivity contribution in [1.29, 1.82) is 0 Å². The molecule has 0 saturated carbocycles. The van der Waals surface area contributed by atoms with E-state index < -0.39 is 0 Å². The van der Waals surface area contributed by atoms with Gasteiger partial charge in [0.2, 0.25) is 0 Å². The Labute approximate surface area is 183 Å². The number of nitrogens with one attached hydrogen (secondary N) is 2. The zero-order valence-corrected chi connectivity index (χ0v) is 19.5. The lowest BCUT2D eigenvalue weighted by molar-refractivity contribution is 0.0934. The number of phenols is 1. The molecule has 2 aliphatic rings. The van der Waals surface area contributed by atoms with E-state index in [1.807, 2.05) is 6.07 Å². The second-order valence-corrected chi connectivity index (χ2v) is 10.9. The highest BCUT2D eigenvalue weighted by molar-refractivity contribution is 14.1. The van der Waals surface area contributed by atoms with E-state index in [0.717, 1.165) is 35.4 Å². The third-order valence-corrected chi connectivity index (χ3v) is 7.88. The molecule has 2 atom stereocenters. The molecule has 0 radical (unpaired) electrons. The first-order valence-electron chi connectivity index (χ1n) is 9.47. The van der Waals surface area contributed by atoms with Crippen LogP contribution in [0.4, 0.5) is 5.00 Å². The summed E-state index contributed by atoms with van der Waals surface area (Å²) in [5.74, 6) is 1.14. The Morgan fingerprint density at radius 2 is 2.04 bits per heavy atom. The zero-order chi connectivity index (χ0) is 20.2. The second kappa shape index (κ2) is 7.09. The number of carbonyl (C=O) groups excluding carboxylic acids is 1. The average molecular weight is 512 g/mol. The van der Waals surface area contributed by atoms with E-state index in [9.17, 15) is 9.90 Å². The molecule has 5 nitrogen and oxygen atoms in total. The SMILES string of the molecule is COc1cc(C2NC(=O)c3c(sc4c3CCC(C(C)(C)C)C4)N2)cc(I)c1O. The summed E-state index contributed by atoms with van der Waals surface area (Å²) in [6, 6.07) is 3.63. The lowest BCUT2D eigenvalue weighted by Gasteiger charge is -2.34. The number of halogens is 1. The normalized spacial score (nSPS) is 21.4. The summed E-state index contributed by atoms with van der Waals surface area (Å²) in [4.78, 5) is 14.3. The minimum absolute atomic E-state index is 0.0208. The molecule has 0 spiro atoms. The van der Waals surface area contributed by atoms with Gasteiger partial charge in [0.25, 0.3) is 5.91 Å². The van der Waals surface area contributed by atoms with Gasteiger partial charge in [0.05, 0.1) is 16.2 Å². The minimum atomic E-state index is -0.346. The van der Waals surface area contributed by atoms with Crippen molar-refractivity contribution in [2.24, 2.45) is 11.3 Å². The van der Waals surface area contributed by atoms with Crippen LogP contribution < -0.4 is 15.4 Å². The van der Waals surface area contributed by atoms with Crippen LogP contribution in [-0.2, 0) is 12.8 Å². The van der Waals surface area contributed by atoms with Gasteiger partial charge < -0.3 is 20.5 Å². The second-order valence-electron chi connectivity index (χ2n) is 8.62. The van der Waals surface area contributed by atoms with Crippen molar-refractivity contribution in [2.75, 3.05) is 12.4 Å². The van der Waals surface area contributed by atoms with Crippen LogP contribution in [0, 0.1) is 14.9 Å². The van der Waals surface area contributed by atoms with Crippen molar-refractivity contribution in [2.45, 2.75) is 46.2 Å². The highest BCUT2D eigenvalue weighted by Crippen LogP contribution is 2.46. The highest BCUT2D eigenvalue weighted by atomic mass is 127. The van der Waals surface area contributed by atoms with Crippen molar-refractivity contribution >= 4 is 44.8 Å². The number of hydrogen-bond donors (Lipinski definition) is 3. The monoisotopic (exact) mass is 512 g/mol. The van der Waals surface area contributed by atoms with Gasteiger partial charge in [0, 0.05) is 4.88 Å². The number of thiophene rings is 1. The molecule has 150 valence electrons. The van der Waals surface area contributed by atoms with E-state index in [2.05, 4.69) is 54.0 Å². The van der Waals surface area contributed by atoms with Gasteiger partial charge >= 0.3 is 0 Å². The Bertz CT molecular complexity index is 948. The smallest absolute Gasteiger partial charge is 0.256 e. The van der Waals surface area contributed by atoms with E-state index in [4.69, 9.17) is 4.74 Å². The average Bonchev–Trinajstić information content (AvgIpc) is 3.01. The van der Waals surface area contributed by atoms with Crippen LogP contribution in [0.1, 0.15) is 59.7 Å². The molecule has 3 N–H and O–H groups in total. The number of benzene rings is 1. The fourth-order valence-corrected chi connectivity index (χ4v) is 6.10. The van der Waals surface area contributed by atoms with Crippen LogP contribution in [0.3, 0.4) is 0 Å². The lowest BCUT2D eigenvalue weighted by atomic mass is 9.72. The quantitative estimate of drug-likeness (QED) is 0.492. The first-order chi connectivity index (χ1) is 13.2. The molecular weight excluding hydrogens is 487 g/mol. The van der Waals surface area contributed by atoms with Gasteiger partial charge in [-0.3, -0.25) is 4.79 Å². The first kappa shape index (κ1) is 19.8. The van der Waals surface area contributed by atoms with Crippen LogP contribution in [0.15, 0.2) is 12.1 Å². The Hall–Kier alpha value is -1.48. The molecule has 1 amide bonds. The standard InChI is InChI=1S/C21H25IN2O3S/c1-21(2,3)11-5-6-12-15(9-11)28-20-16(12)19(26)23-18(24-20)10-7-13(22)17(25)14(8-10)27-4/h7-8,11,18,24-25H,5-6,9H2,1-4H3,(H,23,26). The summed E-state index contributed by atoms with van der Waals surface area (Å²) < 4.78 is 5.96. The maximum Gasteiger partial charge on any atom is 0.256 e. The van der Waals surface area contributed by atoms with Gasteiger partial charge in [-0.25, -0.2) is 0 Å². The van der Waals surface area contributed by atoms with E-state index >= 15 is 0 Å². The number of carbonyl (C=O) groups is 1. The molecule has 1 aliphatic carbocycles. The van der Waals surface area contributed by atoms with E-state index in [0.29, 0.717) is 15.2 Å². The number of methoxy groups -OCH3 is 1. The van der Waals surface area contributed by atoms with E-state index in [-0.39, 0.29) is 23.2 Å². The van der Waals surface area contributed by atoms with Crippen molar-refractivity contribution in [3.63, 3.8) is 0 Å². The Balaban J connectivity index is 1.66. The zero-order valence-electron chi connectivity index (χ0n) is 16.5. The molecule has 0 fully saturated rings. The maximum absolute atomic E-state index is 13.0. The third kappa shape index (κ3) is 3.36. The van der Waals surface area contributed by atoms with Crippen LogP contribution >= 0.6 is 33.9 Å². The molecule has 2 aromatic rings. The molecule has 0 bridgehead atoms. The number of aromatic hydroxyl groups is 1. The molecule has 7 heteroatoms. The van der Waals surface area contributed by atoms with Crippen LogP contribution in [-0.4, -0.2) is 18.1 Å². The fraction of sp³-hybridized carbons (Fsp3) is 0.476. The number of fused-ring (bicyclic) bond motifs is 3. The maximum atomic E-state index is 13.0. The van der Waals surface area contributed by atoms with Crippen molar-refractivity contribution in [3.8, 4) is 11.5 Å². The van der Waals surface area contributed by atoms with Gasteiger partial charge in [-0.1, -0.05) is 20.8 Å². The summed E-state index contributed by atoms with van der Waals surface area (Å²) in [5, 5.41) is 17.6. The third-order valence-electron chi connectivity index (χ3n) is 5.87. The number of anilines is 1. The highest BCUT2D eigenvalue weighted by Gasteiger charge is 2.36. The van der Waals surface area contributed by atoms with Crippen molar-refractivity contribution in [1.82, 2.24) is 5.32 Å². The van der Waals surface area contributed by atoms with Gasteiger partial charge in [-0.15, -0.1) is 11.3 Å². The largest absolute Gasteiger partial charge is 0.504 e. The number of amides is 1. The van der Waals surface area contributed by atoms with Crippen LogP contribution in [0.25, 0.3) is 0 Å². The van der Waals surface area contributed by atoms with E-state index in [1.165, 1.54) is 17.6 Å². The number of hydrogen-bond acceptors (Lipinski definition) is 5.